The predicted octanol–water partition coefficient (Wildman–Crippen LogP) is 3.12. The first kappa shape index (κ1) is 15.0. The molecule has 0 aromatic heterocycles. The highest BCUT2D eigenvalue weighted by Crippen LogP contribution is 2.25. The summed E-state index contributed by atoms with van der Waals surface area (Å²) < 4.78 is 18.9. The standard InChI is InChI=1S/C16H16FNO3/c1-10(18)14-7-6-13(17)8-15(14)21-9-11-2-4-12(5-3-11)16(19)20/h2-8,10H,9,18H2,1H3,(H,19,20)/t10-/m1/s1. The van der Waals surface area contributed by atoms with Crippen molar-refractivity contribution in [2.45, 2.75) is 19.6 Å². The van der Waals surface area contributed by atoms with E-state index < -0.39 is 11.8 Å². The second kappa shape index (κ2) is 6.37. The maximum atomic E-state index is 13.3. The van der Waals surface area contributed by atoms with Crippen LogP contribution in [-0.2, 0) is 6.61 Å². The van der Waals surface area contributed by atoms with Crippen LogP contribution < -0.4 is 10.5 Å². The zero-order chi connectivity index (χ0) is 15.4. The Morgan fingerprint density at radius 3 is 2.52 bits per heavy atom. The largest absolute Gasteiger partial charge is 0.488 e. The summed E-state index contributed by atoms with van der Waals surface area (Å²) in [4.78, 5) is 10.8. The van der Waals surface area contributed by atoms with Crippen LogP contribution in [0.2, 0.25) is 0 Å². The lowest BCUT2D eigenvalue weighted by molar-refractivity contribution is 0.0697. The number of ether oxygens (including phenoxy) is 1. The monoisotopic (exact) mass is 289 g/mol. The van der Waals surface area contributed by atoms with E-state index in [1.165, 1.54) is 24.3 Å². The SMILES string of the molecule is C[C@@H](N)c1ccc(F)cc1OCc1ccc(C(=O)O)cc1. The van der Waals surface area contributed by atoms with Crippen molar-refractivity contribution in [2.75, 3.05) is 0 Å². The van der Waals surface area contributed by atoms with Gasteiger partial charge in [-0.1, -0.05) is 18.2 Å². The van der Waals surface area contributed by atoms with E-state index in [1.807, 2.05) is 0 Å². The molecule has 0 aliphatic heterocycles. The number of carboxylic acids is 1. The van der Waals surface area contributed by atoms with E-state index in [2.05, 4.69) is 0 Å². The van der Waals surface area contributed by atoms with Gasteiger partial charge in [0.05, 0.1) is 5.56 Å². The highest BCUT2D eigenvalue weighted by atomic mass is 19.1. The van der Waals surface area contributed by atoms with Crippen LogP contribution in [0.15, 0.2) is 42.5 Å². The van der Waals surface area contributed by atoms with Crippen LogP contribution in [0.3, 0.4) is 0 Å². The van der Waals surface area contributed by atoms with Crippen LogP contribution in [-0.4, -0.2) is 11.1 Å². The Morgan fingerprint density at radius 2 is 1.95 bits per heavy atom. The average Bonchev–Trinajstić information content (AvgIpc) is 2.45. The third-order valence-electron chi connectivity index (χ3n) is 3.06. The van der Waals surface area contributed by atoms with E-state index in [0.717, 1.165) is 11.1 Å². The number of aromatic carboxylic acids is 1. The molecule has 0 fully saturated rings. The molecule has 2 rings (SSSR count). The van der Waals surface area contributed by atoms with E-state index in [-0.39, 0.29) is 18.2 Å². The van der Waals surface area contributed by atoms with Gasteiger partial charge in [0.1, 0.15) is 18.2 Å². The third kappa shape index (κ3) is 3.79. The molecule has 2 aromatic rings. The Balaban J connectivity index is 2.12. The lowest BCUT2D eigenvalue weighted by atomic mass is 10.1. The van der Waals surface area contributed by atoms with Gasteiger partial charge in [-0.2, -0.15) is 0 Å². The summed E-state index contributed by atoms with van der Waals surface area (Å²) in [6.07, 6.45) is 0. The van der Waals surface area contributed by atoms with Gasteiger partial charge >= 0.3 is 5.97 Å². The molecule has 0 heterocycles. The number of halogens is 1. The molecule has 5 heteroatoms. The number of carboxylic acid groups (broad SMARTS) is 1. The molecule has 0 unspecified atom stereocenters. The lowest BCUT2D eigenvalue weighted by Gasteiger charge is -2.14. The summed E-state index contributed by atoms with van der Waals surface area (Å²) in [6.45, 7) is 2.00. The quantitative estimate of drug-likeness (QED) is 0.887. The van der Waals surface area contributed by atoms with E-state index >= 15 is 0 Å². The van der Waals surface area contributed by atoms with E-state index in [4.69, 9.17) is 15.6 Å². The highest BCUT2D eigenvalue weighted by molar-refractivity contribution is 5.87. The van der Waals surface area contributed by atoms with Gasteiger partial charge < -0.3 is 15.6 Å². The Bertz CT molecular complexity index is 638. The molecule has 0 saturated carbocycles. The van der Waals surface area contributed by atoms with Crippen molar-refractivity contribution in [2.24, 2.45) is 5.73 Å². The van der Waals surface area contributed by atoms with Crippen molar-refractivity contribution in [3.63, 3.8) is 0 Å². The Labute approximate surface area is 122 Å². The summed E-state index contributed by atoms with van der Waals surface area (Å²) in [5, 5.41) is 8.82. The second-order valence-electron chi connectivity index (χ2n) is 4.76. The van der Waals surface area contributed by atoms with Crippen LogP contribution in [0.4, 0.5) is 4.39 Å². The van der Waals surface area contributed by atoms with Gasteiger partial charge in [-0.05, 0) is 30.7 Å². The number of hydrogen-bond acceptors (Lipinski definition) is 3. The molecule has 110 valence electrons. The van der Waals surface area contributed by atoms with Gasteiger partial charge in [-0.3, -0.25) is 0 Å². The third-order valence-corrected chi connectivity index (χ3v) is 3.06. The summed E-state index contributed by atoms with van der Waals surface area (Å²) in [7, 11) is 0. The lowest BCUT2D eigenvalue weighted by Crippen LogP contribution is -2.08. The van der Waals surface area contributed by atoms with Gasteiger partial charge in [0.25, 0.3) is 0 Å². The van der Waals surface area contributed by atoms with Crippen molar-refractivity contribution in [1.82, 2.24) is 0 Å². The number of benzene rings is 2. The van der Waals surface area contributed by atoms with Crippen molar-refractivity contribution in [1.29, 1.82) is 0 Å². The number of rotatable bonds is 5. The molecule has 3 N–H and O–H groups in total. The van der Waals surface area contributed by atoms with E-state index in [0.29, 0.717) is 5.75 Å². The van der Waals surface area contributed by atoms with Gasteiger partial charge in [-0.25, -0.2) is 9.18 Å². The highest BCUT2D eigenvalue weighted by Gasteiger charge is 2.10. The molecule has 0 amide bonds. The maximum Gasteiger partial charge on any atom is 0.335 e. The van der Waals surface area contributed by atoms with E-state index in [1.54, 1.807) is 25.1 Å². The molecule has 0 aliphatic carbocycles. The minimum absolute atomic E-state index is 0.209. The van der Waals surface area contributed by atoms with Gasteiger partial charge in [-0.15, -0.1) is 0 Å². The molecule has 21 heavy (non-hydrogen) atoms. The van der Waals surface area contributed by atoms with Crippen molar-refractivity contribution in [3.05, 3.63) is 65.0 Å². The molecule has 0 aliphatic rings. The van der Waals surface area contributed by atoms with Crippen LogP contribution in [0.25, 0.3) is 0 Å². The molecule has 4 nitrogen and oxygen atoms in total. The first-order valence-electron chi connectivity index (χ1n) is 6.47. The Hall–Kier alpha value is -2.40. The molecule has 0 spiro atoms. The minimum Gasteiger partial charge on any atom is -0.488 e. The molecular formula is C16H16FNO3. The van der Waals surface area contributed by atoms with Crippen LogP contribution in [0.5, 0.6) is 5.75 Å². The number of carbonyl (C=O) groups is 1. The average molecular weight is 289 g/mol. The first-order valence-corrected chi connectivity index (χ1v) is 6.47. The topological polar surface area (TPSA) is 72.5 Å². The smallest absolute Gasteiger partial charge is 0.335 e. The molecular weight excluding hydrogens is 273 g/mol. The zero-order valence-corrected chi connectivity index (χ0v) is 11.5. The fourth-order valence-corrected chi connectivity index (χ4v) is 1.91. The summed E-state index contributed by atoms with van der Waals surface area (Å²) in [5.74, 6) is -0.977. The molecule has 2 aromatic carbocycles. The summed E-state index contributed by atoms with van der Waals surface area (Å²) in [6, 6.07) is 10.3. The number of nitrogens with two attached hydrogens (primary N) is 1. The first-order chi connectivity index (χ1) is 9.97. The van der Waals surface area contributed by atoms with Gasteiger partial charge in [0.15, 0.2) is 0 Å². The van der Waals surface area contributed by atoms with Crippen LogP contribution >= 0.6 is 0 Å². The van der Waals surface area contributed by atoms with Crippen LogP contribution in [0.1, 0.15) is 34.5 Å². The van der Waals surface area contributed by atoms with Crippen molar-refractivity contribution < 1.29 is 19.0 Å². The number of hydrogen-bond donors (Lipinski definition) is 2. The molecule has 0 saturated heterocycles. The Kier molecular flexibility index (Phi) is 4.55. The summed E-state index contributed by atoms with van der Waals surface area (Å²) >= 11 is 0. The van der Waals surface area contributed by atoms with E-state index in [9.17, 15) is 9.18 Å². The second-order valence-corrected chi connectivity index (χ2v) is 4.76. The fourth-order valence-electron chi connectivity index (χ4n) is 1.91. The molecule has 0 radical (unpaired) electrons. The van der Waals surface area contributed by atoms with Crippen LogP contribution in [0, 0.1) is 5.82 Å². The normalized spacial score (nSPS) is 12.0. The predicted molar refractivity (Wildman–Crippen MR) is 76.7 cm³/mol. The minimum atomic E-state index is -0.980. The fraction of sp³-hybridized carbons (Fsp3) is 0.188. The summed E-state index contributed by atoms with van der Waals surface area (Å²) in [5.41, 5.74) is 7.54. The molecule has 1 atom stereocenters. The maximum absolute atomic E-state index is 13.3. The van der Waals surface area contributed by atoms with Gasteiger partial charge in [0, 0.05) is 17.7 Å². The molecule has 0 bridgehead atoms. The van der Waals surface area contributed by atoms with Crippen molar-refractivity contribution in [3.8, 4) is 5.75 Å². The van der Waals surface area contributed by atoms with Gasteiger partial charge in [0.2, 0.25) is 0 Å². The Morgan fingerprint density at radius 1 is 1.29 bits per heavy atom. The van der Waals surface area contributed by atoms with Crippen molar-refractivity contribution >= 4 is 5.97 Å². The zero-order valence-electron chi connectivity index (χ0n) is 11.5.